The van der Waals surface area contributed by atoms with Crippen LogP contribution in [0.25, 0.3) is 11.1 Å². The quantitative estimate of drug-likeness (QED) is 0.630. The first kappa shape index (κ1) is 18.9. The first-order valence-electron chi connectivity index (χ1n) is 9.20. The van der Waals surface area contributed by atoms with Gasteiger partial charge in [-0.2, -0.15) is 0 Å². The van der Waals surface area contributed by atoms with Gasteiger partial charge in [-0.05, 0) is 62.7 Å². The van der Waals surface area contributed by atoms with Crippen molar-refractivity contribution in [3.05, 3.63) is 71.0 Å². The number of halogens is 1. The number of hydrogen-bond donors (Lipinski definition) is 1. The summed E-state index contributed by atoms with van der Waals surface area (Å²) < 4.78 is 24.6. The molecule has 0 fully saturated rings. The number of esters is 1. The van der Waals surface area contributed by atoms with E-state index >= 15 is 0 Å². The summed E-state index contributed by atoms with van der Waals surface area (Å²) >= 11 is 0. The van der Waals surface area contributed by atoms with Gasteiger partial charge in [0.05, 0.1) is 17.9 Å². The van der Waals surface area contributed by atoms with Crippen LogP contribution < -0.4 is 5.32 Å². The Morgan fingerprint density at radius 2 is 2.07 bits per heavy atom. The maximum Gasteiger partial charge on any atom is 0.356 e. The predicted octanol–water partition coefficient (Wildman–Crippen LogP) is 3.95. The molecular weight excluding hydrogens is 375 g/mol. The number of carbonyl (C=O) groups is 2. The third kappa shape index (κ3) is 3.29. The van der Waals surface area contributed by atoms with Gasteiger partial charge in [-0.15, -0.1) is 0 Å². The van der Waals surface area contributed by atoms with Crippen LogP contribution in [0.3, 0.4) is 0 Å². The molecule has 1 N–H and O–H groups in total. The molecule has 3 heterocycles. The molecule has 29 heavy (non-hydrogen) atoms. The number of ether oxygens (including phenoxy) is 2. The number of aromatic nitrogens is 1. The monoisotopic (exact) mass is 394 g/mol. The third-order valence-electron chi connectivity index (χ3n) is 4.82. The van der Waals surface area contributed by atoms with Gasteiger partial charge in [0.15, 0.2) is 0 Å². The molecule has 2 aliphatic rings. The second kappa shape index (κ2) is 6.84. The number of anilines is 1. The maximum atomic E-state index is 13.5. The average molecular weight is 394 g/mol. The first-order valence-corrected chi connectivity index (χ1v) is 9.20. The van der Waals surface area contributed by atoms with Crippen LogP contribution in [-0.2, 0) is 14.3 Å². The smallest absolute Gasteiger partial charge is 0.356 e. The van der Waals surface area contributed by atoms with Crippen LogP contribution in [0.4, 0.5) is 10.1 Å². The van der Waals surface area contributed by atoms with Crippen LogP contribution in [-0.4, -0.2) is 29.1 Å². The van der Waals surface area contributed by atoms with Crippen LogP contribution in [0.1, 0.15) is 42.4 Å². The molecule has 6 nitrogen and oxygen atoms in total. The molecule has 0 unspecified atom stereocenters. The minimum absolute atomic E-state index is 0.196. The summed E-state index contributed by atoms with van der Waals surface area (Å²) in [5, 5.41) is 2.67. The van der Waals surface area contributed by atoms with Crippen molar-refractivity contribution in [2.75, 3.05) is 11.9 Å². The molecule has 1 aromatic heterocycles. The fourth-order valence-corrected chi connectivity index (χ4v) is 3.52. The molecule has 2 aromatic rings. The zero-order valence-corrected chi connectivity index (χ0v) is 16.2. The van der Waals surface area contributed by atoms with E-state index in [0.717, 1.165) is 11.1 Å². The number of rotatable bonds is 3. The van der Waals surface area contributed by atoms with Gasteiger partial charge in [0.2, 0.25) is 0 Å². The summed E-state index contributed by atoms with van der Waals surface area (Å²) in [7, 11) is 0. The van der Waals surface area contributed by atoms with E-state index in [1.807, 2.05) is 13.8 Å². The Morgan fingerprint density at radius 3 is 2.83 bits per heavy atom. The number of carbonyl (C=O) groups excluding carboxylic acids is 2. The molecule has 0 atom stereocenters. The molecule has 0 saturated carbocycles. The van der Waals surface area contributed by atoms with Gasteiger partial charge in [-0.1, -0.05) is 0 Å². The number of allylic oxidation sites excluding steroid dienone is 1. The first-order chi connectivity index (χ1) is 13.8. The van der Waals surface area contributed by atoms with Gasteiger partial charge >= 0.3 is 5.97 Å². The van der Waals surface area contributed by atoms with E-state index in [4.69, 9.17) is 9.47 Å². The molecular formula is C22H19FN2O4. The van der Waals surface area contributed by atoms with Gasteiger partial charge in [-0.3, -0.25) is 4.79 Å². The second-order valence-corrected chi connectivity index (χ2v) is 7.20. The minimum Gasteiger partial charge on any atom is -0.482 e. The van der Waals surface area contributed by atoms with Gasteiger partial charge in [0, 0.05) is 17.3 Å². The van der Waals surface area contributed by atoms with Gasteiger partial charge < -0.3 is 14.8 Å². The highest BCUT2D eigenvalue weighted by atomic mass is 19.1. The SMILES string of the molecule is CCOC(=O)c1cc(C2=CC(=C3C(=O)Nc4cc(F)ccc43)OC2(C)C)ccn1. The molecule has 0 bridgehead atoms. The van der Waals surface area contributed by atoms with E-state index in [1.165, 1.54) is 18.3 Å². The van der Waals surface area contributed by atoms with Gasteiger partial charge in [-0.25, -0.2) is 14.2 Å². The summed E-state index contributed by atoms with van der Waals surface area (Å²) in [6, 6.07) is 7.54. The van der Waals surface area contributed by atoms with E-state index in [-0.39, 0.29) is 18.2 Å². The molecule has 1 amide bonds. The number of pyridine rings is 1. The number of nitrogens with one attached hydrogen (secondary N) is 1. The van der Waals surface area contributed by atoms with Crippen molar-refractivity contribution in [2.45, 2.75) is 26.4 Å². The van der Waals surface area contributed by atoms with E-state index in [1.54, 1.807) is 31.2 Å². The Bertz CT molecular complexity index is 1100. The van der Waals surface area contributed by atoms with Crippen LogP contribution in [0, 0.1) is 5.82 Å². The molecule has 4 rings (SSSR count). The fourth-order valence-electron chi connectivity index (χ4n) is 3.52. The van der Waals surface area contributed by atoms with Gasteiger partial charge in [0.1, 0.15) is 22.9 Å². The van der Waals surface area contributed by atoms with Crippen molar-refractivity contribution in [2.24, 2.45) is 0 Å². The molecule has 2 aliphatic heterocycles. The Balaban J connectivity index is 1.80. The average Bonchev–Trinajstić information content (AvgIpc) is 3.16. The summed E-state index contributed by atoms with van der Waals surface area (Å²) in [6.07, 6.45) is 3.31. The molecule has 0 spiro atoms. The topological polar surface area (TPSA) is 77.5 Å². The number of fused-ring (bicyclic) bond motifs is 1. The third-order valence-corrected chi connectivity index (χ3v) is 4.82. The summed E-state index contributed by atoms with van der Waals surface area (Å²) in [4.78, 5) is 28.6. The highest BCUT2D eigenvalue weighted by Crippen LogP contribution is 2.44. The van der Waals surface area contributed by atoms with E-state index in [9.17, 15) is 14.0 Å². The molecule has 148 valence electrons. The fraction of sp³-hybridized carbons (Fsp3) is 0.227. The minimum atomic E-state index is -0.751. The molecule has 0 saturated heterocycles. The Morgan fingerprint density at radius 1 is 1.28 bits per heavy atom. The normalized spacial score (nSPS) is 19.3. The number of benzene rings is 1. The number of nitrogens with zero attached hydrogens (tertiary/aromatic N) is 1. The summed E-state index contributed by atoms with van der Waals surface area (Å²) in [6.45, 7) is 5.73. The standard InChI is InChI=1S/C22H19FN2O4/c1-4-28-21(27)17-9-12(7-8-24-17)15-11-18(29-22(15,2)3)19-14-6-5-13(23)10-16(14)25-20(19)26/h5-11H,4H2,1-3H3,(H,25,26). The lowest BCUT2D eigenvalue weighted by Gasteiger charge is -2.23. The lowest BCUT2D eigenvalue weighted by Crippen LogP contribution is -2.21. The van der Waals surface area contributed by atoms with Crippen LogP contribution >= 0.6 is 0 Å². The zero-order chi connectivity index (χ0) is 20.8. The lowest BCUT2D eigenvalue weighted by molar-refractivity contribution is -0.111. The van der Waals surface area contributed by atoms with Crippen molar-refractivity contribution in [3.8, 4) is 0 Å². The largest absolute Gasteiger partial charge is 0.482 e. The van der Waals surface area contributed by atoms with Crippen molar-refractivity contribution >= 4 is 28.7 Å². The number of hydrogen-bond acceptors (Lipinski definition) is 5. The summed E-state index contributed by atoms with van der Waals surface area (Å²) in [5.41, 5.74) is 2.32. The molecule has 0 radical (unpaired) electrons. The Hall–Kier alpha value is -3.48. The Kier molecular flexibility index (Phi) is 4.45. The maximum absolute atomic E-state index is 13.5. The highest BCUT2D eigenvalue weighted by Gasteiger charge is 2.38. The highest BCUT2D eigenvalue weighted by molar-refractivity contribution is 6.32. The molecule has 0 aliphatic carbocycles. The molecule has 7 heteroatoms. The number of amides is 1. The molecule has 1 aromatic carbocycles. The second-order valence-electron chi connectivity index (χ2n) is 7.20. The van der Waals surface area contributed by atoms with Gasteiger partial charge in [0.25, 0.3) is 5.91 Å². The van der Waals surface area contributed by atoms with Crippen LogP contribution in [0.2, 0.25) is 0 Å². The summed E-state index contributed by atoms with van der Waals surface area (Å²) in [5.74, 6) is -0.892. The van der Waals surface area contributed by atoms with Crippen molar-refractivity contribution in [1.82, 2.24) is 4.98 Å². The Labute approximate surface area is 167 Å². The van der Waals surface area contributed by atoms with Crippen LogP contribution in [0.15, 0.2) is 48.4 Å². The van der Waals surface area contributed by atoms with Crippen LogP contribution in [0.5, 0.6) is 0 Å². The van der Waals surface area contributed by atoms with E-state index < -0.39 is 17.4 Å². The predicted molar refractivity (Wildman–Crippen MR) is 105 cm³/mol. The lowest BCUT2D eigenvalue weighted by atomic mass is 9.92. The van der Waals surface area contributed by atoms with Crippen molar-refractivity contribution in [1.29, 1.82) is 0 Å². The van der Waals surface area contributed by atoms with E-state index in [0.29, 0.717) is 22.6 Å². The van der Waals surface area contributed by atoms with Crippen molar-refractivity contribution < 1.29 is 23.5 Å². The van der Waals surface area contributed by atoms with Crippen molar-refractivity contribution in [3.63, 3.8) is 0 Å². The van der Waals surface area contributed by atoms with E-state index in [2.05, 4.69) is 10.3 Å². The zero-order valence-electron chi connectivity index (χ0n) is 16.2.